The maximum atomic E-state index is 13.1. The van der Waals surface area contributed by atoms with Gasteiger partial charge >= 0.3 is 0 Å². The zero-order chi connectivity index (χ0) is 22.4. The molecule has 31 heavy (non-hydrogen) atoms. The number of carbonyl (C=O) groups is 3. The molecule has 0 bridgehead atoms. The lowest BCUT2D eigenvalue weighted by molar-refractivity contribution is -0.120. The summed E-state index contributed by atoms with van der Waals surface area (Å²) in [6.45, 7) is 6.91. The first-order chi connectivity index (χ1) is 14.8. The van der Waals surface area contributed by atoms with E-state index in [1.165, 1.54) is 6.92 Å². The number of likely N-dealkylation sites (tertiary alicyclic amines) is 1. The Morgan fingerprint density at radius 1 is 1.00 bits per heavy atom. The molecule has 6 heteroatoms. The van der Waals surface area contributed by atoms with E-state index in [-0.39, 0.29) is 17.5 Å². The monoisotopic (exact) mass is 419 g/mol. The van der Waals surface area contributed by atoms with Gasteiger partial charge in [0.2, 0.25) is 5.91 Å². The van der Waals surface area contributed by atoms with Crippen LogP contribution in [0, 0.1) is 12.8 Å². The van der Waals surface area contributed by atoms with Crippen molar-refractivity contribution in [2.75, 3.05) is 18.4 Å². The summed E-state index contributed by atoms with van der Waals surface area (Å²) in [5, 5.41) is 5.42. The second kappa shape index (κ2) is 10.1. The Labute approximate surface area is 183 Å². The number of nitrogens with one attached hydrogen (secondary N) is 2. The minimum atomic E-state index is -0.481. The molecule has 1 saturated heterocycles. The molecule has 0 spiro atoms. The summed E-state index contributed by atoms with van der Waals surface area (Å²) in [7, 11) is 0. The standard InChI is InChI=1S/C25H29N3O3/c1-17-12-14-28(15-13-17)25(31)21-10-6-7-11-22(21)27-24(30)23(26-19(3)29)16-20-9-5-4-8-18(20)2/h4-11,16-17H,12-15H2,1-3H3,(H,26,29)(H,27,30)/b23-16-. The Morgan fingerprint density at radius 3 is 2.32 bits per heavy atom. The third kappa shape index (κ3) is 5.81. The fourth-order valence-corrected chi connectivity index (χ4v) is 3.60. The molecule has 0 atom stereocenters. The van der Waals surface area contributed by atoms with Crippen molar-refractivity contribution in [3.05, 3.63) is 70.9 Å². The van der Waals surface area contributed by atoms with E-state index in [2.05, 4.69) is 17.6 Å². The summed E-state index contributed by atoms with van der Waals surface area (Å²) in [5.41, 5.74) is 2.80. The van der Waals surface area contributed by atoms with Crippen LogP contribution in [0.3, 0.4) is 0 Å². The van der Waals surface area contributed by atoms with Crippen molar-refractivity contribution in [2.24, 2.45) is 5.92 Å². The molecule has 3 rings (SSSR count). The van der Waals surface area contributed by atoms with Crippen molar-refractivity contribution < 1.29 is 14.4 Å². The fraction of sp³-hybridized carbons (Fsp3) is 0.320. The van der Waals surface area contributed by atoms with E-state index < -0.39 is 5.91 Å². The third-order valence-corrected chi connectivity index (χ3v) is 5.52. The predicted molar refractivity (Wildman–Crippen MR) is 122 cm³/mol. The lowest BCUT2D eigenvalue weighted by Gasteiger charge is -2.30. The number of anilines is 1. The van der Waals surface area contributed by atoms with E-state index in [4.69, 9.17) is 0 Å². The molecule has 6 nitrogen and oxygen atoms in total. The lowest BCUT2D eigenvalue weighted by Crippen LogP contribution is -2.38. The summed E-state index contributed by atoms with van der Waals surface area (Å²) in [4.78, 5) is 39.7. The van der Waals surface area contributed by atoms with Crippen LogP contribution in [0.5, 0.6) is 0 Å². The Bertz CT molecular complexity index is 1000. The second-order valence-corrected chi connectivity index (χ2v) is 8.07. The molecule has 1 aliphatic heterocycles. The first-order valence-electron chi connectivity index (χ1n) is 10.6. The number of hydrogen-bond donors (Lipinski definition) is 2. The van der Waals surface area contributed by atoms with Gasteiger partial charge in [-0.2, -0.15) is 0 Å². The Balaban J connectivity index is 1.85. The number of piperidine rings is 1. The number of carbonyl (C=O) groups excluding carboxylic acids is 3. The molecule has 162 valence electrons. The number of para-hydroxylation sites is 1. The summed E-state index contributed by atoms with van der Waals surface area (Å²) < 4.78 is 0. The summed E-state index contributed by atoms with van der Waals surface area (Å²) in [5.74, 6) is -0.301. The van der Waals surface area contributed by atoms with E-state index in [1.807, 2.05) is 36.1 Å². The smallest absolute Gasteiger partial charge is 0.272 e. The predicted octanol–water partition coefficient (Wildman–Crippen LogP) is 3.98. The largest absolute Gasteiger partial charge is 0.339 e. The summed E-state index contributed by atoms with van der Waals surface area (Å²) in [6.07, 6.45) is 3.60. The average molecular weight is 420 g/mol. The fourth-order valence-electron chi connectivity index (χ4n) is 3.60. The quantitative estimate of drug-likeness (QED) is 0.720. The Morgan fingerprint density at radius 2 is 1.65 bits per heavy atom. The summed E-state index contributed by atoms with van der Waals surface area (Å²) in [6, 6.07) is 14.6. The molecule has 0 aliphatic carbocycles. The third-order valence-electron chi connectivity index (χ3n) is 5.52. The van der Waals surface area contributed by atoms with Gasteiger partial charge in [0.15, 0.2) is 0 Å². The van der Waals surface area contributed by atoms with Crippen LogP contribution < -0.4 is 10.6 Å². The zero-order valence-corrected chi connectivity index (χ0v) is 18.3. The molecule has 0 unspecified atom stereocenters. The minimum absolute atomic E-state index is 0.0910. The van der Waals surface area contributed by atoms with Crippen molar-refractivity contribution in [1.29, 1.82) is 0 Å². The number of rotatable bonds is 5. The van der Waals surface area contributed by atoms with Crippen LogP contribution in [-0.4, -0.2) is 35.7 Å². The van der Waals surface area contributed by atoms with Gasteiger partial charge in [-0.15, -0.1) is 0 Å². The molecular weight excluding hydrogens is 390 g/mol. The molecule has 1 fully saturated rings. The van der Waals surface area contributed by atoms with Gasteiger partial charge in [-0.1, -0.05) is 43.3 Å². The van der Waals surface area contributed by atoms with E-state index >= 15 is 0 Å². The van der Waals surface area contributed by atoms with E-state index in [9.17, 15) is 14.4 Å². The number of nitrogens with zero attached hydrogens (tertiary/aromatic N) is 1. The van der Waals surface area contributed by atoms with Gasteiger partial charge in [-0.05, 0) is 55.0 Å². The number of aryl methyl sites for hydroxylation is 1. The molecule has 0 aromatic heterocycles. The van der Waals surface area contributed by atoms with Gasteiger partial charge in [0.25, 0.3) is 11.8 Å². The van der Waals surface area contributed by atoms with Crippen molar-refractivity contribution in [3.63, 3.8) is 0 Å². The molecule has 0 saturated carbocycles. The van der Waals surface area contributed by atoms with Gasteiger partial charge in [0.05, 0.1) is 11.3 Å². The number of benzene rings is 2. The molecule has 0 radical (unpaired) electrons. The van der Waals surface area contributed by atoms with Crippen LogP contribution in [0.1, 0.15) is 48.2 Å². The zero-order valence-electron chi connectivity index (χ0n) is 18.3. The van der Waals surface area contributed by atoms with Crippen LogP contribution in [0.15, 0.2) is 54.2 Å². The molecule has 1 aliphatic rings. The highest BCUT2D eigenvalue weighted by Crippen LogP contribution is 2.23. The maximum Gasteiger partial charge on any atom is 0.272 e. The Kier molecular flexibility index (Phi) is 7.23. The van der Waals surface area contributed by atoms with Gasteiger partial charge < -0.3 is 15.5 Å². The molecular formula is C25H29N3O3. The molecule has 1 heterocycles. The van der Waals surface area contributed by atoms with Crippen LogP contribution in [0.25, 0.3) is 6.08 Å². The van der Waals surface area contributed by atoms with Crippen LogP contribution >= 0.6 is 0 Å². The highest BCUT2D eigenvalue weighted by atomic mass is 16.2. The van der Waals surface area contributed by atoms with Crippen molar-refractivity contribution in [2.45, 2.75) is 33.6 Å². The lowest BCUT2D eigenvalue weighted by atomic mass is 9.98. The highest BCUT2D eigenvalue weighted by Gasteiger charge is 2.24. The molecule has 2 aromatic carbocycles. The van der Waals surface area contributed by atoms with Crippen LogP contribution in [0.2, 0.25) is 0 Å². The summed E-state index contributed by atoms with van der Waals surface area (Å²) >= 11 is 0. The van der Waals surface area contributed by atoms with Crippen LogP contribution in [-0.2, 0) is 9.59 Å². The Hall–Kier alpha value is -3.41. The SMILES string of the molecule is CC(=O)N/C(=C\c1ccccc1C)C(=O)Nc1ccccc1C(=O)N1CCC(C)CC1. The highest BCUT2D eigenvalue weighted by molar-refractivity contribution is 6.11. The average Bonchev–Trinajstić information content (AvgIpc) is 2.75. The molecule has 2 N–H and O–H groups in total. The van der Waals surface area contributed by atoms with E-state index in [0.717, 1.165) is 24.0 Å². The minimum Gasteiger partial charge on any atom is -0.339 e. The van der Waals surface area contributed by atoms with Gasteiger partial charge in [-0.25, -0.2) is 0 Å². The van der Waals surface area contributed by atoms with Gasteiger partial charge in [-0.3, -0.25) is 14.4 Å². The topological polar surface area (TPSA) is 78.5 Å². The number of hydrogen-bond acceptors (Lipinski definition) is 3. The van der Waals surface area contributed by atoms with Crippen molar-refractivity contribution >= 4 is 29.5 Å². The first kappa shape index (κ1) is 22.3. The molecule has 2 aromatic rings. The normalized spacial score (nSPS) is 14.8. The first-order valence-corrected chi connectivity index (χ1v) is 10.6. The van der Waals surface area contributed by atoms with Gasteiger partial charge in [0, 0.05) is 20.0 Å². The number of amides is 3. The van der Waals surface area contributed by atoms with E-state index in [1.54, 1.807) is 30.3 Å². The van der Waals surface area contributed by atoms with Gasteiger partial charge in [0.1, 0.15) is 5.70 Å². The second-order valence-electron chi connectivity index (χ2n) is 8.07. The maximum absolute atomic E-state index is 13.1. The van der Waals surface area contributed by atoms with Crippen molar-refractivity contribution in [1.82, 2.24) is 10.2 Å². The van der Waals surface area contributed by atoms with Crippen LogP contribution in [0.4, 0.5) is 5.69 Å². The molecule has 3 amide bonds. The van der Waals surface area contributed by atoms with E-state index in [0.29, 0.717) is 30.3 Å². The van der Waals surface area contributed by atoms with Crippen molar-refractivity contribution in [3.8, 4) is 0 Å².